The van der Waals surface area contributed by atoms with Crippen LogP contribution in [0.5, 0.6) is 11.5 Å². The topological polar surface area (TPSA) is 94.4 Å². The van der Waals surface area contributed by atoms with Crippen LogP contribution in [0.2, 0.25) is 10.0 Å². The molecule has 1 N–H and O–H groups in total. The number of thioether (sulfide) groups is 1. The molecule has 40 heavy (non-hydrogen) atoms. The fourth-order valence-electron chi connectivity index (χ4n) is 3.72. The predicted molar refractivity (Wildman–Crippen MR) is 159 cm³/mol. The number of aliphatic hydroxyl groups excluding tert-OH is 1. The molecule has 0 unspecified atom stereocenters. The third-order valence-corrected chi connectivity index (χ3v) is 7.42. The molecule has 0 saturated carbocycles. The van der Waals surface area contributed by atoms with Crippen molar-refractivity contribution in [2.75, 3.05) is 13.7 Å². The van der Waals surface area contributed by atoms with Crippen LogP contribution in [0.25, 0.3) is 6.08 Å². The summed E-state index contributed by atoms with van der Waals surface area (Å²) >= 11 is 13.7. The molecule has 0 aliphatic carbocycles. The monoisotopic (exact) mass is 597 g/mol. The van der Waals surface area contributed by atoms with E-state index in [0.717, 1.165) is 22.9 Å². The zero-order valence-electron chi connectivity index (χ0n) is 21.9. The Labute approximate surface area is 246 Å². The van der Waals surface area contributed by atoms with E-state index in [2.05, 4.69) is 4.99 Å². The van der Waals surface area contributed by atoms with Crippen molar-refractivity contribution in [3.63, 3.8) is 0 Å². The van der Waals surface area contributed by atoms with E-state index in [4.69, 9.17) is 37.4 Å². The summed E-state index contributed by atoms with van der Waals surface area (Å²) < 4.78 is 16.5. The number of esters is 1. The lowest BCUT2D eigenvalue weighted by atomic mass is 10.1. The first-order valence-corrected chi connectivity index (χ1v) is 13.7. The van der Waals surface area contributed by atoms with E-state index in [1.54, 1.807) is 55.5 Å². The number of amides is 1. The number of halogens is 2. The maximum atomic E-state index is 12.8. The zero-order valence-corrected chi connectivity index (χ0v) is 24.2. The van der Waals surface area contributed by atoms with Crippen molar-refractivity contribution in [2.45, 2.75) is 20.5 Å². The molecule has 0 bridgehead atoms. The first-order valence-electron chi connectivity index (χ1n) is 12.2. The average Bonchev–Trinajstić information content (AvgIpc) is 3.23. The summed E-state index contributed by atoms with van der Waals surface area (Å²) in [6.07, 6.45) is 1.60. The third kappa shape index (κ3) is 6.70. The van der Waals surface area contributed by atoms with Gasteiger partial charge in [-0.3, -0.25) is 4.79 Å². The molecule has 1 heterocycles. The van der Waals surface area contributed by atoms with Crippen molar-refractivity contribution in [3.05, 3.63) is 109 Å². The lowest BCUT2D eigenvalue weighted by Gasteiger charge is -2.14. The van der Waals surface area contributed by atoms with E-state index in [0.29, 0.717) is 27.6 Å². The lowest BCUT2D eigenvalue weighted by molar-refractivity contribution is -0.138. The molecule has 4 rings (SSSR count). The number of hydrogen-bond donors (Lipinski definition) is 1. The van der Waals surface area contributed by atoms with Gasteiger partial charge in [0.1, 0.15) is 23.0 Å². The van der Waals surface area contributed by atoms with E-state index >= 15 is 0 Å². The van der Waals surface area contributed by atoms with Gasteiger partial charge >= 0.3 is 5.97 Å². The van der Waals surface area contributed by atoms with E-state index in [9.17, 15) is 14.7 Å². The molecule has 1 aliphatic rings. The second-order valence-electron chi connectivity index (χ2n) is 8.56. The highest BCUT2D eigenvalue weighted by Crippen LogP contribution is 2.42. The Balaban J connectivity index is 1.66. The third-order valence-electron chi connectivity index (χ3n) is 5.75. The Morgan fingerprint density at radius 3 is 2.45 bits per heavy atom. The first kappa shape index (κ1) is 29.3. The molecule has 0 spiro atoms. The number of ether oxygens (including phenoxy) is 3. The number of aliphatic hydroxyl groups is 1. The number of rotatable bonds is 8. The van der Waals surface area contributed by atoms with Crippen LogP contribution < -0.4 is 9.47 Å². The number of aliphatic imine (C=N–C) groups is 1. The largest absolute Gasteiger partial charge is 0.506 e. The van der Waals surface area contributed by atoms with E-state index in [1.165, 1.54) is 7.11 Å². The molecule has 0 saturated heterocycles. The standard InChI is InChI=1S/C30H25Cl2NO6S/c1-4-38-30(36)25-26(34)24(40-29(25)33-28(35)19-11-9-17(2)10-12-19)15-18-13-22(32)27(23(14-18)37-3)39-16-20-7-5-6-8-21(20)31/h5-15,34H,4,16H2,1-3H3/b24-15-,33-29?. The number of carbonyl (C=O) groups excluding carboxylic acids is 2. The summed E-state index contributed by atoms with van der Waals surface area (Å²) in [5.41, 5.74) is 2.49. The summed E-state index contributed by atoms with van der Waals surface area (Å²) in [5, 5.41) is 11.8. The van der Waals surface area contributed by atoms with Crippen LogP contribution in [0.15, 0.2) is 81.9 Å². The minimum Gasteiger partial charge on any atom is -0.506 e. The second-order valence-corrected chi connectivity index (χ2v) is 10.4. The van der Waals surface area contributed by atoms with Crippen LogP contribution in [0.3, 0.4) is 0 Å². The van der Waals surface area contributed by atoms with Crippen molar-refractivity contribution in [2.24, 2.45) is 4.99 Å². The average molecular weight is 599 g/mol. The number of aryl methyl sites for hydroxylation is 1. The van der Waals surface area contributed by atoms with Crippen molar-refractivity contribution < 1.29 is 28.9 Å². The van der Waals surface area contributed by atoms with Gasteiger partial charge in [-0.15, -0.1) is 0 Å². The van der Waals surface area contributed by atoms with Crippen molar-refractivity contribution in [1.82, 2.24) is 0 Å². The molecule has 3 aromatic rings. The van der Waals surface area contributed by atoms with Gasteiger partial charge in [-0.1, -0.05) is 70.9 Å². The van der Waals surface area contributed by atoms with Crippen LogP contribution >= 0.6 is 35.0 Å². The molecular weight excluding hydrogens is 573 g/mol. The summed E-state index contributed by atoms with van der Waals surface area (Å²) in [5.74, 6) is -1.02. The lowest BCUT2D eigenvalue weighted by Crippen LogP contribution is -2.14. The van der Waals surface area contributed by atoms with Crippen LogP contribution in [-0.4, -0.2) is 35.7 Å². The van der Waals surface area contributed by atoms with Gasteiger partial charge in [-0.25, -0.2) is 9.79 Å². The number of hydrogen-bond acceptors (Lipinski definition) is 7. The van der Waals surface area contributed by atoms with E-state index in [-0.39, 0.29) is 39.5 Å². The number of nitrogens with zero attached hydrogens (tertiary/aromatic N) is 1. The summed E-state index contributed by atoms with van der Waals surface area (Å²) in [7, 11) is 1.48. The minimum absolute atomic E-state index is 0.0329. The van der Waals surface area contributed by atoms with Crippen molar-refractivity contribution in [3.8, 4) is 11.5 Å². The second kappa shape index (κ2) is 13.1. The number of benzene rings is 3. The van der Waals surface area contributed by atoms with E-state index in [1.807, 2.05) is 25.1 Å². The minimum atomic E-state index is -0.787. The maximum absolute atomic E-state index is 12.8. The predicted octanol–water partition coefficient (Wildman–Crippen LogP) is 7.59. The molecule has 1 amide bonds. The Kier molecular flexibility index (Phi) is 9.58. The molecule has 10 heteroatoms. The highest BCUT2D eigenvalue weighted by molar-refractivity contribution is 8.18. The van der Waals surface area contributed by atoms with Gasteiger partial charge in [0.25, 0.3) is 5.91 Å². The van der Waals surface area contributed by atoms with Crippen LogP contribution in [0.1, 0.15) is 34.0 Å². The Bertz CT molecular complexity index is 1550. The highest BCUT2D eigenvalue weighted by Gasteiger charge is 2.34. The molecule has 7 nitrogen and oxygen atoms in total. The fraction of sp³-hybridized carbons (Fsp3) is 0.167. The molecule has 1 aliphatic heterocycles. The molecule has 206 valence electrons. The zero-order chi connectivity index (χ0) is 28.8. The first-order chi connectivity index (χ1) is 19.2. The van der Waals surface area contributed by atoms with Gasteiger partial charge in [0.15, 0.2) is 11.5 Å². The highest BCUT2D eigenvalue weighted by atomic mass is 35.5. The van der Waals surface area contributed by atoms with Crippen LogP contribution in [-0.2, 0) is 16.1 Å². The number of carbonyl (C=O) groups is 2. The quantitative estimate of drug-likeness (QED) is 0.267. The smallest absolute Gasteiger partial charge is 0.344 e. The normalized spacial score (nSPS) is 15.0. The summed E-state index contributed by atoms with van der Waals surface area (Å²) in [6, 6.07) is 17.5. The van der Waals surface area contributed by atoms with Gasteiger partial charge in [-0.05, 0) is 55.8 Å². The molecule has 0 aromatic heterocycles. The summed E-state index contributed by atoms with van der Waals surface area (Å²) in [4.78, 5) is 29.9. The van der Waals surface area contributed by atoms with Gasteiger partial charge in [0.2, 0.25) is 0 Å². The van der Waals surface area contributed by atoms with Gasteiger partial charge < -0.3 is 19.3 Å². The maximum Gasteiger partial charge on any atom is 0.344 e. The van der Waals surface area contributed by atoms with E-state index < -0.39 is 11.9 Å². The molecule has 0 fully saturated rings. The number of methoxy groups -OCH3 is 1. The van der Waals surface area contributed by atoms with Crippen molar-refractivity contribution >= 4 is 58.0 Å². The Morgan fingerprint density at radius 1 is 1.05 bits per heavy atom. The molecule has 3 aromatic carbocycles. The van der Waals surface area contributed by atoms with Crippen LogP contribution in [0, 0.1) is 6.92 Å². The molecular formula is C30H25Cl2NO6S. The molecule has 0 atom stereocenters. The van der Waals surface area contributed by atoms with Gasteiger partial charge in [0, 0.05) is 16.1 Å². The van der Waals surface area contributed by atoms with Crippen molar-refractivity contribution in [1.29, 1.82) is 0 Å². The SMILES string of the molecule is CCOC(=O)C1=C(O)/C(=C/c2cc(Cl)c(OCc3ccccc3Cl)c(OC)c2)SC1=NC(=O)c1ccc(C)cc1. The Hall–Kier alpha value is -3.72. The summed E-state index contributed by atoms with van der Waals surface area (Å²) in [6.45, 7) is 3.81. The molecule has 0 radical (unpaired) electrons. The fourth-order valence-corrected chi connectivity index (χ4v) is 5.20. The van der Waals surface area contributed by atoms with Gasteiger partial charge in [-0.2, -0.15) is 0 Å². The Morgan fingerprint density at radius 2 is 1.77 bits per heavy atom. The van der Waals surface area contributed by atoms with Crippen LogP contribution in [0.4, 0.5) is 0 Å². The van der Waals surface area contributed by atoms with Gasteiger partial charge in [0.05, 0.1) is 23.6 Å².